The Labute approximate surface area is 140 Å². The quantitative estimate of drug-likeness (QED) is 0.738. The average Bonchev–Trinajstić information content (AvgIpc) is 3.16. The van der Waals surface area contributed by atoms with Crippen LogP contribution < -0.4 is 4.90 Å². The lowest BCUT2D eigenvalue weighted by Crippen LogP contribution is -2.44. The first-order chi connectivity index (χ1) is 11.9. The van der Waals surface area contributed by atoms with Crippen LogP contribution in [0.15, 0.2) is 61.1 Å². The van der Waals surface area contributed by atoms with E-state index < -0.39 is 0 Å². The van der Waals surface area contributed by atoms with Crippen LogP contribution >= 0.6 is 0 Å². The van der Waals surface area contributed by atoms with Crippen molar-refractivity contribution in [2.75, 3.05) is 24.6 Å². The van der Waals surface area contributed by atoms with Crippen LogP contribution in [0.25, 0.3) is 11.4 Å². The number of benzene rings is 1. The van der Waals surface area contributed by atoms with Gasteiger partial charge in [-0.3, -0.25) is 4.68 Å². The molecule has 0 N–H and O–H groups in total. The van der Waals surface area contributed by atoms with Crippen LogP contribution in [-0.2, 0) is 11.3 Å². The first kappa shape index (κ1) is 14.8. The van der Waals surface area contributed by atoms with Crippen LogP contribution in [0, 0.1) is 0 Å². The monoisotopic (exact) mass is 321 g/mol. The molecule has 0 saturated carbocycles. The highest BCUT2D eigenvalue weighted by Crippen LogP contribution is 2.20. The Kier molecular flexibility index (Phi) is 4.20. The summed E-state index contributed by atoms with van der Waals surface area (Å²) in [7, 11) is 0. The van der Waals surface area contributed by atoms with Gasteiger partial charge in [0.05, 0.1) is 19.3 Å². The van der Waals surface area contributed by atoms with Crippen molar-refractivity contribution in [3.63, 3.8) is 0 Å². The molecule has 24 heavy (non-hydrogen) atoms. The molecule has 1 atom stereocenters. The van der Waals surface area contributed by atoms with Gasteiger partial charge in [-0.1, -0.05) is 30.3 Å². The van der Waals surface area contributed by atoms with Crippen molar-refractivity contribution in [1.29, 1.82) is 0 Å². The zero-order valence-corrected chi connectivity index (χ0v) is 13.3. The maximum atomic E-state index is 5.87. The Balaban J connectivity index is 1.51. The molecule has 1 aliphatic heterocycles. The molecule has 4 rings (SSSR count). The second-order valence-electron chi connectivity index (χ2n) is 5.77. The molecule has 3 aromatic rings. The van der Waals surface area contributed by atoms with Gasteiger partial charge in [-0.15, -0.1) is 0 Å². The van der Waals surface area contributed by atoms with E-state index in [1.807, 2.05) is 59.5 Å². The molecule has 1 saturated heterocycles. The summed E-state index contributed by atoms with van der Waals surface area (Å²) in [6, 6.07) is 13.9. The third kappa shape index (κ3) is 3.28. The Morgan fingerprint density at radius 2 is 2.00 bits per heavy atom. The third-order valence-corrected chi connectivity index (χ3v) is 4.09. The normalized spacial score (nSPS) is 17.8. The summed E-state index contributed by atoms with van der Waals surface area (Å²) in [6.07, 6.45) is 5.68. The third-order valence-electron chi connectivity index (χ3n) is 4.09. The maximum absolute atomic E-state index is 5.87. The molecular formula is C18H19N5O. The van der Waals surface area contributed by atoms with Gasteiger partial charge in [0.15, 0.2) is 5.82 Å². The van der Waals surface area contributed by atoms with Gasteiger partial charge in [0.1, 0.15) is 5.82 Å². The van der Waals surface area contributed by atoms with E-state index in [0.29, 0.717) is 6.61 Å². The second kappa shape index (κ2) is 6.80. The molecule has 1 fully saturated rings. The molecule has 3 heterocycles. The van der Waals surface area contributed by atoms with Crippen molar-refractivity contribution in [3.8, 4) is 11.4 Å². The Bertz CT molecular complexity index is 775. The minimum atomic E-state index is 0.105. The lowest BCUT2D eigenvalue weighted by atomic mass is 10.2. The van der Waals surface area contributed by atoms with Crippen LogP contribution in [0.5, 0.6) is 0 Å². The minimum absolute atomic E-state index is 0.105. The molecule has 0 amide bonds. The summed E-state index contributed by atoms with van der Waals surface area (Å²) in [6.45, 7) is 3.07. The molecule has 0 radical (unpaired) electrons. The van der Waals surface area contributed by atoms with E-state index in [0.717, 1.165) is 36.8 Å². The molecule has 6 nitrogen and oxygen atoms in total. The lowest BCUT2D eigenvalue weighted by Gasteiger charge is -2.33. The smallest absolute Gasteiger partial charge is 0.161 e. The van der Waals surface area contributed by atoms with Gasteiger partial charge in [0, 0.05) is 37.2 Å². The first-order valence-electron chi connectivity index (χ1n) is 8.11. The van der Waals surface area contributed by atoms with Crippen LogP contribution in [-0.4, -0.2) is 45.5 Å². The van der Waals surface area contributed by atoms with Crippen LogP contribution in [0.1, 0.15) is 0 Å². The highest BCUT2D eigenvalue weighted by molar-refractivity contribution is 5.57. The van der Waals surface area contributed by atoms with Gasteiger partial charge in [-0.05, 0) is 12.1 Å². The fourth-order valence-electron chi connectivity index (χ4n) is 2.91. The minimum Gasteiger partial charge on any atom is -0.373 e. The zero-order chi connectivity index (χ0) is 16.2. The van der Waals surface area contributed by atoms with Crippen molar-refractivity contribution in [1.82, 2.24) is 19.7 Å². The number of hydrogen-bond donors (Lipinski definition) is 0. The van der Waals surface area contributed by atoms with Crippen molar-refractivity contribution in [2.45, 2.75) is 12.6 Å². The predicted molar refractivity (Wildman–Crippen MR) is 91.6 cm³/mol. The molecule has 0 bridgehead atoms. The molecule has 0 aliphatic carbocycles. The summed E-state index contributed by atoms with van der Waals surface area (Å²) in [5, 5.41) is 4.25. The molecule has 6 heteroatoms. The molecule has 1 aliphatic rings. The van der Waals surface area contributed by atoms with Crippen LogP contribution in [0.4, 0.5) is 5.82 Å². The Morgan fingerprint density at radius 1 is 1.08 bits per heavy atom. The first-order valence-corrected chi connectivity index (χ1v) is 8.11. The highest BCUT2D eigenvalue weighted by Gasteiger charge is 2.22. The molecule has 1 aromatic carbocycles. The van der Waals surface area contributed by atoms with Crippen LogP contribution in [0.3, 0.4) is 0 Å². The molecule has 122 valence electrons. The molecule has 0 spiro atoms. The summed E-state index contributed by atoms with van der Waals surface area (Å²) >= 11 is 0. The van der Waals surface area contributed by atoms with Gasteiger partial charge >= 0.3 is 0 Å². The fraction of sp³-hybridized carbons (Fsp3) is 0.278. The number of rotatable bonds is 4. The fourth-order valence-corrected chi connectivity index (χ4v) is 2.91. The summed E-state index contributed by atoms with van der Waals surface area (Å²) in [5.74, 6) is 1.70. The SMILES string of the molecule is c1ccc(-c2nccc(N3CCO[C@@H](Cn4cccn4)C3)n2)cc1. The second-order valence-corrected chi connectivity index (χ2v) is 5.77. The largest absolute Gasteiger partial charge is 0.373 e. The number of ether oxygens (including phenoxy) is 1. The maximum Gasteiger partial charge on any atom is 0.161 e. The Morgan fingerprint density at radius 3 is 2.83 bits per heavy atom. The summed E-state index contributed by atoms with van der Waals surface area (Å²) in [5.41, 5.74) is 1.03. The summed E-state index contributed by atoms with van der Waals surface area (Å²) in [4.78, 5) is 11.4. The molecule has 2 aromatic heterocycles. The van der Waals surface area contributed by atoms with E-state index in [1.54, 1.807) is 6.20 Å². The van der Waals surface area contributed by atoms with Gasteiger partial charge in [0.2, 0.25) is 0 Å². The topological polar surface area (TPSA) is 56.1 Å². The lowest BCUT2D eigenvalue weighted by molar-refractivity contribution is 0.0272. The predicted octanol–water partition coefficient (Wildman–Crippen LogP) is 2.25. The van der Waals surface area contributed by atoms with Gasteiger partial charge in [0.25, 0.3) is 0 Å². The number of anilines is 1. The number of aromatic nitrogens is 4. The van der Waals surface area contributed by atoms with Crippen molar-refractivity contribution >= 4 is 5.82 Å². The van der Waals surface area contributed by atoms with E-state index in [-0.39, 0.29) is 6.10 Å². The molecular weight excluding hydrogens is 302 g/mol. The van der Waals surface area contributed by atoms with Crippen molar-refractivity contribution < 1.29 is 4.74 Å². The van der Waals surface area contributed by atoms with E-state index in [9.17, 15) is 0 Å². The summed E-state index contributed by atoms with van der Waals surface area (Å²) < 4.78 is 7.78. The van der Waals surface area contributed by atoms with Gasteiger partial charge < -0.3 is 9.64 Å². The molecule has 0 unspecified atom stereocenters. The number of hydrogen-bond acceptors (Lipinski definition) is 5. The van der Waals surface area contributed by atoms with E-state index in [4.69, 9.17) is 9.72 Å². The number of nitrogens with zero attached hydrogens (tertiary/aromatic N) is 5. The van der Waals surface area contributed by atoms with Gasteiger partial charge in [-0.2, -0.15) is 5.10 Å². The average molecular weight is 321 g/mol. The number of morpholine rings is 1. The zero-order valence-electron chi connectivity index (χ0n) is 13.3. The van der Waals surface area contributed by atoms with Crippen molar-refractivity contribution in [2.24, 2.45) is 0 Å². The Hall–Kier alpha value is -2.73. The van der Waals surface area contributed by atoms with Gasteiger partial charge in [-0.25, -0.2) is 9.97 Å². The van der Waals surface area contributed by atoms with E-state index in [2.05, 4.69) is 15.0 Å². The van der Waals surface area contributed by atoms with Crippen LogP contribution in [0.2, 0.25) is 0 Å². The highest BCUT2D eigenvalue weighted by atomic mass is 16.5. The van der Waals surface area contributed by atoms with E-state index >= 15 is 0 Å². The van der Waals surface area contributed by atoms with Crippen molar-refractivity contribution in [3.05, 3.63) is 61.1 Å². The van der Waals surface area contributed by atoms with E-state index in [1.165, 1.54) is 0 Å². The standard InChI is InChI=1S/C18H19N5O/c1-2-5-15(6-3-1)18-19-9-7-17(21-18)22-11-12-24-16(13-22)14-23-10-4-8-20-23/h1-10,16H,11-14H2/t16-/m1/s1.